The molecule has 0 aliphatic rings. The van der Waals surface area contributed by atoms with Crippen LogP contribution in [0.2, 0.25) is 0 Å². The van der Waals surface area contributed by atoms with Crippen LogP contribution in [0, 0.1) is 5.92 Å². The molecule has 0 aliphatic heterocycles. The third-order valence-electron chi connectivity index (χ3n) is 2.94. The van der Waals surface area contributed by atoms with E-state index in [4.69, 9.17) is 5.11 Å². The number of unbranched alkanes of at least 4 members (excludes halogenated alkanes) is 1. The first-order chi connectivity index (χ1) is 7.93. The molecule has 0 aliphatic carbocycles. The highest BCUT2D eigenvalue weighted by Gasteiger charge is 2.22. The van der Waals surface area contributed by atoms with Crippen molar-refractivity contribution in [3.8, 4) is 0 Å². The van der Waals surface area contributed by atoms with Crippen LogP contribution in [-0.2, 0) is 4.79 Å². The van der Waals surface area contributed by atoms with Gasteiger partial charge in [0.15, 0.2) is 0 Å². The van der Waals surface area contributed by atoms with Gasteiger partial charge >= 0.3 is 12.0 Å². The van der Waals surface area contributed by atoms with Crippen LogP contribution in [0.3, 0.4) is 0 Å². The van der Waals surface area contributed by atoms with Gasteiger partial charge in [-0.2, -0.15) is 0 Å². The molecule has 0 rings (SSSR count). The molecule has 2 N–H and O–H groups in total. The predicted octanol–water partition coefficient (Wildman–Crippen LogP) is 1.93. The number of carbonyl (C=O) groups excluding carboxylic acids is 1. The Kier molecular flexibility index (Phi) is 7.34. The van der Waals surface area contributed by atoms with Gasteiger partial charge in [0.25, 0.3) is 0 Å². The van der Waals surface area contributed by atoms with Crippen molar-refractivity contribution >= 4 is 12.0 Å². The molecule has 0 saturated carbocycles. The first-order valence-electron chi connectivity index (χ1n) is 6.22. The van der Waals surface area contributed by atoms with E-state index >= 15 is 0 Å². The monoisotopic (exact) mass is 244 g/mol. The number of carbonyl (C=O) groups is 2. The number of hydrogen-bond acceptors (Lipinski definition) is 2. The Labute approximate surface area is 103 Å². The Morgan fingerprint density at radius 2 is 1.88 bits per heavy atom. The van der Waals surface area contributed by atoms with Crippen molar-refractivity contribution < 1.29 is 14.7 Å². The fraction of sp³-hybridized carbons (Fsp3) is 0.833. The molecule has 0 aromatic carbocycles. The predicted molar refractivity (Wildman–Crippen MR) is 66.9 cm³/mol. The fourth-order valence-corrected chi connectivity index (χ4v) is 1.38. The summed E-state index contributed by atoms with van der Waals surface area (Å²) in [6.45, 7) is 8.65. The lowest BCUT2D eigenvalue weighted by Crippen LogP contribution is -2.47. The van der Waals surface area contributed by atoms with Gasteiger partial charge in [0.1, 0.15) is 0 Å². The summed E-state index contributed by atoms with van der Waals surface area (Å²) in [4.78, 5) is 24.3. The van der Waals surface area contributed by atoms with Gasteiger partial charge in [-0.25, -0.2) is 4.79 Å². The number of amides is 2. The molecule has 0 fully saturated rings. The molecular formula is C12H24N2O3. The number of rotatable bonds is 7. The average molecular weight is 244 g/mol. The summed E-state index contributed by atoms with van der Waals surface area (Å²) < 4.78 is 0. The average Bonchev–Trinajstić information content (AvgIpc) is 2.28. The van der Waals surface area contributed by atoms with Gasteiger partial charge in [0.05, 0.1) is 5.92 Å². The number of aliphatic carboxylic acids is 1. The largest absolute Gasteiger partial charge is 0.481 e. The minimum Gasteiger partial charge on any atom is -0.481 e. The van der Waals surface area contributed by atoms with E-state index in [0.29, 0.717) is 13.1 Å². The lowest BCUT2D eigenvalue weighted by molar-refractivity contribution is -0.141. The summed E-state index contributed by atoms with van der Waals surface area (Å²) >= 11 is 0. The highest BCUT2D eigenvalue weighted by molar-refractivity contribution is 5.76. The van der Waals surface area contributed by atoms with E-state index < -0.39 is 11.9 Å². The molecule has 5 nitrogen and oxygen atoms in total. The molecule has 2 amide bonds. The summed E-state index contributed by atoms with van der Waals surface area (Å²) in [6.07, 6.45) is 2.00. The second kappa shape index (κ2) is 7.92. The van der Waals surface area contributed by atoms with Crippen LogP contribution in [0.4, 0.5) is 4.79 Å². The molecule has 0 spiro atoms. The Morgan fingerprint density at radius 1 is 1.29 bits per heavy atom. The number of carboxylic acids is 1. The van der Waals surface area contributed by atoms with Crippen molar-refractivity contribution in [1.29, 1.82) is 0 Å². The molecule has 0 saturated heterocycles. The lowest BCUT2D eigenvalue weighted by Gasteiger charge is -2.25. The molecule has 2 atom stereocenters. The van der Waals surface area contributed by atoms with Crippen LogP contribution < -0.4 is 5.32 Å². The maximum Gasteiger partial charge on any atom is 0.317 e. The molecule has 2 unspecified atom stereocenters. The molecular weight excluding hydrogens is 220 g/mol. The molecule has 0 aromatic heterocycles. The number of carboxylic acid groups (broad SMARTS) is 1. The third kappa shape index (κ3) is 5.56. The summed E-state index contributed by atoms with van der Waals surface area (Å²) in [6, 6.07) is -0.544. The van der Waals surface area contributed by atoms with Crippen LogP contribution >= 0.6 is 0 Å². The van der Waals surface area contributed by atoms with Crippen LogP contribution in [-0.4, -0.2) is 41.1 Å². The number of nitrogens with zero attached hydrogens (tertiary/aromatic N) is 1. The van der Waals surface area contributed by atoms with E-state index in [2.05, 4.69) is 12.2 Å². The van der Waals surface area contributed by atoms with E-state index in [1.54, 1.807) is 18.7 Å². The maximum absolute atomic E-state index is 11.8. The van der Waals surface area contributed by atoms with E-state index in [9.17, 15) is 9.59 Å². The zero-order valence-corrected chi connectivity index (χ0v) is 11.2. The van der Waals surface area contributed by atoms with Gasteiger partial charge in [0, 0.05) is 19.1 Å². The van der Waals surface area contributed by atoms with Crippen molar-refractivity contribution in [2.45, 2.75) is 46.6 Å². The Hall–Kier alpha value is -1.26. The summed E-state index contributed by atoms with van der Waals surface area (Å²) in [5, 5.41) is 11.6. The maximum atomic E-state index is 11.8. The van der Waals surface area contributed by atoms with E-state index in [1.165, 1.54) is 0 Å². The summed E-state index contributed by atoms with van der Waals surface area (Å²) in [5.41, 5.74) is 0. The van der Waals surface area contributed by atoms with Gasteiger partial charge in [0.2, 0.25) is 0 Å². The Bertz CT molecular complexity index is 256. The number of nitrogens with one attached hydrogen (secondary N) is 1. The van der Waals surface area contributed by atoms with Gasteiger partial charge in [-0.3, -0.25) is 4.79 Å². The van der Waals surface area contributed by atoms with Crippen molar-refractivity contribution in [2.24, 2.45) is 5.92 Å². The summed E-state index contributed by atoms with van der Waals surface area (Å²) in [5.74, 6) is -1.47. The highest BCUT2D eigenvalue weighted by atomic mass is 16.4. The fourth-order valence-electron chi connectivity index (χ4n) is 1.38. The topological polar surface area (TPSA) is 69.6 Å². The van der Waals surface area contributed by atoms with Crippen molar-refractivity contribution in [3.63, 3.8) is 0 Å². The Balaban J connectivity index is 4.25. The molecule has 0 aromatic rings. The summed E-state index contributed by atoms with van der Waals surface area (Å²) in [7, 11) is 0. The van der Waals surface area contributed by atoms with Crippen LogP contribution in [0.25, 0.3) is 0 Å². The minimum atomic E-state index is -0.894. The SMILES string of the molecule is CCCCN(CC)C(=O)NC(C)C(C)C(=O)O. The molecule has 0 radical (unpaired) electrons. The van der Waals surface area contributed by atoms with Gasteiger partial charge < -0.3 is 15.3 Å². The molecule has 5 heteroatoms. The number of hydrogen-bond donors (Lipinski definition) is 2. The molecule has 0 bridgehead atoms. The van der Waals surface area contributed by atoms with Crippen molar-refractivity contribution in [1.82, 2.24) is 10.2 Å². The molecule has 100 valence electrons. The minimum absolute atomic E-state index is 0.179. The smallest absolute Gasteiger partial charge is 0.317 e. The molecule has 0 heterocycles. The van der Waals surface area contributed by atoms with E-state index in [-0.39, 0.29) is 12.1 Å². The zero-order valence-electron chi connectivity index (χ0n) is 11.2. The molecule has 17 heavy (non-hydrogen) atoms. The second-order valence-corrected chi connectivity index (χ2v) is 4.30. The van der Waals surface area contributed by atoms with Gasteiger partial charge in [-0.15, -0.1) is 0 Å². The quantitative estimate of drug-likeness (QED) is 0.719. The van der Waals surface area contributed by atoms with Crippen LogP contribution in [0.1, 0.15) is 40.5 Å². The second-order valence-electron chi connectivity index (χ2n) is 4.30. The van der Waals surface area contributed by atoms with Crippen molar-refractivity contribution in [2.75, 3.05) is 13.1 Å². The highest BCUT2D eigenvalue weighted by Crippen LogP contribution is 2.04. The van der Waals surface area contributed by atoms with Crippen LogP contribution in [0.15, 0.2) is 0 Å². The number of urea groups is 1. The van der Waals surface area contributed by atoms with Gasteiger partial charge in [-0.05, 0) is 27.2 Å². The van der Waals surface area contributed by atoms with Crippen molar-refractivity contribution in [3.05, 3.63) is 0 Å². The lowest BCUT2D eigenvalue weighted by atomic mass is 10.0. The van der Waals surface area contributed by atoms with E-state index in [0.717, 1.165) is 12.8 Å². The van der Waals surface area contributed by atoms with E-state index in [1.807, 2.05) is 6.92 Å². The third-order valence-corrected chi connectivity index (χ3v) is 2.94. The first-order valence-corrected chi connectivity index (χ1v) is 6.22. The van der Waals surface area contributed by atoms with Gasteiger partial charge in [-0.1, -0.05) is 13.3 Å². The normalized spacial score (nSPS) is 13.9. The first kappa shape index (κ1) is 15.7. The zero-order chi connectivity index (χ0) is 13.4. The Morgan fingerprint density at radius 3 is 2.29 bits per heavy atom. The van der Waals surface area contributed by atoms with Crippen LogP contribution in [0.5, 0.6) is 0 Å². The standard InChI is InChI=1S/C12H24N2O3/c1-5-7-8-14(6-2)12(17)13-10(4)9(3)11(15)16/h9-10H,5-8H2,1-4H3,(H,13,17)(H,15,16).